The second-order valence-corrected chi connectivity index (χ2v) is 9.38. The molecule has 1 aromatic heterocycles. The van der Waals surface area contributed by atoms with E-state index >= 15 is 0 Å². The van der Waals surface area contributed by atoms with Gasteiger partial charge in [0.25, 0.3) is 0 Å². The normalized spacial score (nSPS) is 15.8. The molecule has 3 rings (SSSR count). The number of nitrogens with one attached hydrogen (secondary N) is 1. The number of piperazine rings is 1. The van der Waals surface area contributed by atoms with Crippen LogP contribution in [0.15, 0.2) is 30.3 Å². The summed E-state index contributed by atoms with van der Waals surface area (Å²) in [6.07, 6.45) is 2.23. The van der Waals surface area contributed by atoms with Gasteiger partial charge in [-0.1, -0.05) is 24.9 Å². The SMILES string of the molecule is CCCc1cc(CNCCN2CCN(c3ccc(Cl)cc3)CC2)nn1C(C)(C)C. The molecule has 1 fully saturated rings. The molecular weight excluding hydrogens is 382 g/mol. The van der Waals surface area contributed by atoms with Crippen molar-refractivity contribution < 1.29 is 0 Å². The molecule has 1 N–H and O–H groups in total. The van der Waals surface area contributed by atoms with Crippen LogP contribution in [0.1, 0.15) is 45.5 Å². The Bertz CT molecular complexity index is 755. The predicted octanol–water partition coefficient (Wildman–Crippen LogP) is 4.16. The quantitative estimate of drug-likeness (QED) is 0.654. The highest BCUT2D eigenvalue weighted by atomic mass is 35.5. The maximum atomic E-state index is 6.00. The first-order valence-electron chi connectivity index (χ1n) is 10.9. The third-order valence-electron chi connectivity index (χ3n) is 5.45. The van der Waals surface area contributed by atoms with E-state index in [1.165, 1.54) is 11.4 Å². The number of anilines is 1. The lowest BCUT2D eigenvalue weighted by molar-refractivity contribution is 0.257. The molecule has 2 heterocycles. The van der Waals surface area contributed by atoms with Crippen molar-refractivity contribution in [3.05, 3.63) is 46.7 Å². The molecular formula is C23H36ClN5. The number of rotatable bonds is 8. The van der Waals surface area contributed by atoms with Crippen LogP contribution >= 0.6 is 11.6 Å². The summed E-state index contributed by atoms with van der Waals surface area (Å²) >= 11 is 6.00. The van der Waals surface area contributed by atoms with Gasteiger partial charge in [0.1, 0.15) is 0 Å². The molecule has 1 aromatic carbocycles. The van der Waals surface area contributed by atoms with Crippen molar-refractivity contribution >= 4 is 17.3 Å². The van der Waals surface area contributed by atoms with Crippen LogP contribution in [-0.2, 0) is 18.5 Å². The lowest BCUT2D eigenvalue weighted by atomic mass is 10.1. The molecule has 0 unspecified atom stereocenters. The number of halogens is 1. The third kappa shape index (κ3) is 6.21. The molecule has 29 heavy (non-hydrogen) atoms. The van der Waals surface area contributed by atoms with E-state index in [0.29, 0.717) is 0 Å². The van der Waals surface area contributed by atoms with Crippen LogP contribution < -0.4 is 10.2 Å². The van der Waals surface area contributed by atoms with Crippen LogP contribution in [0.25, 0.3) is 0 Å². The molecule has 5 nitrogen and oxygen atoms in total. The molecule has 2 aromatic rings. The highest BCUT2D eigenvalue weighted by Crippen LogP contribution is 2.20. The molecule has 1 aliphatic heterocycles. The summed E-state index contributed by atoms with van der Waals surface area (Å²) in [5.74, 6) is 0. The van der Waals surface area contributed by atoms with E-state index in [4.69, 9.17) is 16.7 Å². The maximum Gasteiger partial charge on any atom is 0.0765 e. The summed E-state index contributed by atoms with van der Waals surface area (Å²) in [4.78, 5) is 4.98. The van der Waals surface area contributed by atoms with Gasteiger partial charge in [-0.2, -0.15) is 5.10 Å². The van der Waals surface area contributed by atoms with Crippen molar-refractivity contribution in [1.29, 1.82) is 0 Å². The molecule has 1 aliphatic rings. The summed E-state index contributed by atoms with van der Waals surface area (Å²) in [5, 5.41) is 9.24. The van der Waals surface area contributed by atoms with E-state index in [1.807, 2.05) is 12.1 Å². The number of hydrogen-bond acceptors (Lipinski definition) is 4. The third-order valence-corrected chi connectivity index (χ3v) is 5.70. The zero-order valence-corrected chi connectivity index (χ0v) is 19.2. The van der Waals surface area contributed by atoms with Crippen LogP contribution in [-0.4, -0.2) is 53.9 Å². The Labute approximate surface area is 181 Å². The molecule has 0 aliphatic carbocycles. The van der Waals surface area contributed by atoms with Gasteiger partial charge in [-0.05, 0) is 57.5 Å². The van der Waals surface area contributed by atoms with Gasteiger partial charge >= 0.3 is 0 Å². The Balaban J connectivity index is 1.41. The summed E-state index contributed by atoms with van der Waals surface area (Å²) in [7, 11) is 0. The lowest BCUT2D eigenvalue weighted by Crippen LogP contribution is -2.48. The van der Waals surface area contributed by atoms with Crippen molar-refractivity contribution in [2.24, 2.45) is 0 Å². The summed E-state index contributed by atoms with van der Waals surface area (Å²) < 4.78 is 2.20. The Morgan fingerprint density at radius 2 is 1.76 bits per heavy atom. The number of aromatic nitrogens is 2. The number of aryl methyl sites for hydroxylation is 1. The fraction of sp³-hybridized carbons (Fsp3) is 0.609. The van der Waals surface area contributed by atoms with Crippen molar-refractivity contribution in [2.45, 2.75) is 52.6 Å². The molecule has 0 atom stereocenters. The monoisotopic (exact) mass is 417 g/mol. The highest BCUT2D eigenvalue weighted by molar-refractivity contribution is 6.30. The van der Waals surface area contributed by atoms with Gasteiger partial charge in [-0.3, -0.25) is 9.58 Å². The summed E-state index contributed by atoms with van der Waals surface area (Å²) in [6.45, 7) is 16.1. The number of nitrogens with zero attached hydrogens (tertiary/aromatic N) is 4. The highest BCUT2D eigenvalue weighted by Gasteiger charge is 2.19. The van der Waals surface area contributed by atoms with Gasteiger partial charge in [-0.15, -0.1) is 0 Å². The molecule has 1 saturated heterocycles. The molecule has 0 radical (unpaired) electrons. The van der Waals surface area contributed by atoms with Crippen LogP contribution in [0.2, 0.25) is 5.02 Å². The Hall–Kier alpha value is -1.56. The molecule has 0 bridgehead atoms. The van der Waals surface area contributed by atoms with Gasteiger partial charge < -0.3 is 10.2 Å². The number of benzene rings is 1. The molecule has 0 amide bonds. The molecule has 160 valence electrons. The van der Waals surface area contributed by atoms with Crippen molar-refractivity contribution in [3.63, 3.8) is 0 Å². The average Bonchev–Trinajstić information content (AvgIpc) is 3.10. The largest absolute Gasteiger partial charge is 0.369 e. The van der Waals surface area contributed by atoms with Gasteiger partial charge in [0.15, 0.2) is 0 Å². The fourth-order valence-corrected chi connectivity index (χ4v) is 4.04. The summed E-state index contributed by atoms with van der Waals surface area (Å²) in [6, 6.07) is 10.4. The minimum absolute atomic E-state index is 0.0342. The van der Waals surface area contributed by atoms with E-state index < -0.39 is 0 Å². The minimum atomic E-state index is 0.0342. The van der Waals surface area contributed by atoms with Crippen molar-refractivity contribution in [1.82, 2.24) is 20.0 Å². The first kappa shape index (κ1) is 22.1. The van der Waals surface area contributed by atoms with Crippen LogP contribution in [0.3, 0.4) is 0 Å². The Morgan fingerprint density at radius 3 is 2.38 bits per heavy atom. The van der Waals surface area contributed by atoms with Gasteiger partial charge in [0.05, 0.1) is 11.2 Å². The minimum Gasteiger partial charge on any atom is -0.369 e. The first-order valence-corrected chi connectivity index (χ1v) is 11.3. The van der Waals surface area contributed by atoms with E-state index in [-0.39, 0.29) is 5.54 Å². The molecule has 0 saturated carbocycles. The van der Waals surface area contributed by atoms with E-state index in [9.17, 15) is 0 Å². The fourth-order valence-electron chi connectivity index (χ4n) is 3.91. The molecule has 6 heteroatoms. The van der Waals surface area contributed by atoms with Crippen molar-refractivity contribution in [3.8, 4) is 0 Å². The second-order valence-electron chi connectivity index (χ2n) is 8.94. The van der Waals surface area contributed by atoms with E-state index in [2.05, 4.69) is 65.7 Å². The first-order chi connectivity index (χ1) is 13.9. The average molecular weight is 418 g/mol. The van der Waals surface area contributed by atoms with Gasteiger partial charge in [-0.25, -0.2) is 0 Å². The zero-order valence-electron chi connectivity index (χ0n) is 18.4. The zero-order chi connectivity index (χ0) is 20.9. The van der Waals surface area contributed by atoms with Crippen LogP contribution in [0.4, 0.5) is 5.69 Å². The predicted molar refractivity (Wildman–Crippen MR) is 123 cm³/mol. The van der Waals surface area contributed by atoms with Crippen LogP contribution in [0, 0.1) is 0 Å². The summed E-state index contributed by atoms with van der Waals surface area (Å²) in [5.41, 5.74) is 3.79. The topological polar surface area (TPSA) is 36.3 Å². The van der Waals surface area contributed by atoms with E-state index in [1.54, 1.807) is 0 Å². The standard InChI is InChI=1S/C23H36ClN5/c1-5-6-22-17-20(26-29(22)23(2,3)4)18-25-11-12-27-13-15-28(16-14-27)21-9-7-19(24)8-10-21/h7-10,17,25H,5-6,11-16,18H2,1-4H3. The Morgan fingerprint density at radius 1 is 1.07 bits per heavy atom. The van der Waals surface area contributed by atoms with Crippen LogP contribution in [0.5, 0.6) is 0 Å². The van der Waals surface area contributed by atoms with Gasteiger partial charge in [0, 0.05) is 62.2 Å². The smallest absolute Gasteiger partial charge is 0.0765 e. The van der Waals surface area contributed by atoms with E-state index in [0.717, 1.165) is 69.4 Å². The maximum absolute atomic E-state index is 6.00. The van der Waals surface area contributed by atoms with Crippen molar-refractivity contribution in [2.75, 3.05) is 44.2 Å². The Kier molecular flexibility index (Phi) is 7.60. The molecule has 0 spiro atoms. The lowest BCUT2D eigenvalue weighted by Gasteiger charge is -2.36. The number of hydrogen-bond donors (Lipinski definition) is 1. The second kappa shape index (κ2) is 9.96. The van der Waals surface area contributed by atoms with Gasteiger partial charge in [0.2, 0.25) is 0 Å².